The van der Waals surface area contributed by atoms with Gasteiger partial charge in [-0.25, -0.2) is 19.3 Å². The highest BCUT2D eigenvalue weighted by Crippen LogP contribution is 2.31. The van der Waals surface area contributed by atoms with Gasteiger partial charge >= 0.3 is 0 Å². The van der Waals surface area contributed by atoms with Crippen molar-refractivity contribution in [2.24, 2.45) is 0 Å². The average molecular weight is 440 g/mol. The largest absolute Gasteiger partial charge is 0.393 e. The monoisotopic (exact) mass is 440 g/mol. The van der Waals surface area contributed by atoms with Crippen molar-refractivity contribution in [3.63, 3.8) is 0 Å². The number of nitrogens with zero attached hydrogens (tertiary/aromatic N) is 5. The van der Waals surface area contributed by atoms with Gasteiger partial charge in [-0.3, -0.25) is 9.55 Å². The van der Waals surface area contributed by atoms with Crippen LogP contribution in [0.4, 0.5) is 21.7 Å². The fourth-order valence-corrected chi connectivity index (χ4v) is 3.76. The van der Waals surface area contributed by atoms with Crippen LogP contribution in [0.15, 0.2) is 73.2 Å². The molecule has 0 saturated heterocycles. The van der Waals surface area contributed by atoms with E-state index in [1.807, 2.05) is 54.0 Å². The van der Waals surface area contributed by atoms with Gasteiger partial charge in [0, 0.05) is 23.5 Å². The Morgan fingerprint density at radius 1 is 0.970 bits per heavy atom. The minimum Gasteiger partial charge on any atom is -0.393 e. The van der Waals surface area contributed by atoms with Crippen LogP contribution in [0.5, 0.6) is 0 Å². The lowest BCUT2D eigenvalue weighted by Gasteiger charge is -2.18. The quantitative estimate of drug-likeness (QED) is 0.371. The third kappa shape index (κ3) is 3.80. The van der Waals surface area contributed by atoms with E-state index >= 15 is 0 Å². The molecule has 0 bridgehead atoms. The predicted octanol–water partition coefficient (Wildman–Crippen LogP) is 4.35. The number of pyridine rings is 1. The standard InChI is InChI=1S/C24H21FN8/c1-14(31-23-21(26)22(27)29-13-30-23)24-32-19-9-8-16(25)12-20(19)33(24)17-6-4-5-15(11-17)18-7-2-3-10-28-18/h2-14H,26H2,1H3,(H3,27,29,30,31). The molecule has 33 heavy (non-hydrogen) atoms. The summed E-state index contributed by atoms with van der Waals surface area (Å²) in [6.45, 7) is 1.93. The number of benzene rings is 2. The molecule has 9 heteroatoms. The fraction of sp³-hybridized carbons (Fsp3) is 0.0833. The molecule has 0 radical (unpaired) electrons. The summed E-state index contributed by atoms with van der Waals surface area (Å²) in [4.78, 5) is 17.3. The summed E-state index contributed by atoms with van der Waals surface area (Å²) in [5.41, 5.74) is 16.0. The molecule has 164 valence electrons. The molecule has 8 nitrogen and oxygen atoms in total. The van der Waals surface area contributed by atoms with E-state index < -0.39 is 0 Å². The molecular weight excluding hydrogens is 419 g/mol. The highest BCUT2D eigenvalue weighted by atomic mass is 19.1. The Bertz CT molecular complexity index is 1450. The average Bonchev–Trinajstić information content (AvgIpc) is 3.21. The summed E-state index contributed by atoms with van der Waals surface area (Å²) < 4.78 is 16.1. The number of nitrogen functional groups attached to an aromatic ring is 2. The zero-order valence-corrected chi connectivity index (χ0v) is 17.8. The third-order valence-electron chi connectivity index (χ3n) is 5.36. The number of nitrogens with one attached hydrogen (secondary N) is 1. The summed E-state index contributed by atoms with van der Waals surface area (Å²) in [5, 5.41) is 3.25. The van der Waals surface area contributed by atoms with Gasteiger partial charge in [0.15, 0.2) is 11.6 Å². The van der Waals surface area contributed by atoms with Gasteiger partial charge in [-0.2, -0.15) is 0 Å². The summed E-state index contributed by atoms with van der Waals surface area (Å²) in [6.07, 6.45) is 3.09. The first-order valence-corrected chi connectivity index (χ1v) is 10.3. The first-order valence-electron chi connectivity index (χ1n) is 10.3. The van der Waals surface area contributed by atoms with Gasteiger partial charge in [0.1, 0.15) is 23.7 Å². The van der Waals surface area contributed by atoms with E-state index in [0.29, 0.717) is 22.7 Å². The van der Waals surface area contributed by atoms with E-state index in [-0.39, 0.29) is 23.4 Å². The lowest BCUT2D eigenvalue weighted by Crippen LogP contribution is -2.15. The van der Waals surface area contributed by atoms with Gasteiger partial charge in [0.05, 0.1) is 22.8 Å². The topological polar surface area (TPSA) is 121 Å². The molecule has 5 rings (SSSR count). The van der Waals surface area contributed by atoms with Crippen LogP contribution < -0.4 is 16.8 Å². The summed E-state index contributed by atoms with van der Waals surface area (Å²) in [7, 11) is 0. The molecule has 2 aromatic carbocycles. The summed E-state index contributed by atoms with van der Waals surface area (Å²) >= 11 is 0. The molecule has 0 amide bonds. The molecule has 5 aromatic rings. The maximum atomic E-state index is 14.2. The fourth-order valence-electron chi connectivity index (χ4n) is 3.76. The Hall–Kier alpha value is -4.53. The van der Waals surface area contributed by atoms with E-state index in [4.69, 9.17) is 16.5 Å². The number of fused-ring (bicyclic) bond motifs is 1. The molecule has 1 atom stereocenters. The van der Waals surface area contributed by atoms with Crippen molar-refractivity contribution < 1.29 is 4.39 Å². The van der Waals surface area contributed by atoms with Crippen molar-refractivity contribution in [1.82, 2.24) is 24.5 Å². The summed E-state index contributed by atoms with van der Waals surface area (Å²) in [5.74, 6) is 0.912. The second-order valence-corrected chi connectivity index (χ2v) is 7.59. The number of aromatic nitrogens is 5. The van der Waals surface area contributed by atoms with E-state index in [1.54, 1.807) is 12.3 Å². The van der Waals surface area contributed by atoms with Crippen LogP contribution in [-0.2, 0) is 0 Å². The van der Waals surface area contributed by atoms with Crippen LogP contribution in [0, 0.1) is 5.82 Å². The van der Waals surface area contributed by atoms with Crippen molar-refractivity contribution in [2.75, 3.05) is 16.8 Å². The lowest BCUT2D eigenvalue weighted by atomic mass is 10.1. The van der Waals surface area contributed by atoms with Crippen molar-refractivity contribution >= 4 is 28.4 Å². The summed E-state index contributed by atoms with van der Waals surface area (Å²) in [6, 6.07) is 17.8. The van der Waals surface area contributed by atoms with Gasteiger partial charge in [-0.15, -0.1) is 0 Å². The van der Waals surface area contributed by atoms with Crippen LogP contribution in [0.2, 0.25) is 0 Å². The smallest absolute Gasteiger partial charge is 0.155 e. The number of nitrogens with two attached hydrogens (primary N) is 2. The molecule has 3 heterocycles. The number of hydrogen-bond acceptors (Lipinski definition) is 7. The first kappa shape index (κ1) is 20.4. The number of hydrogen-bond donors (Lipinski definition) is 3. The van der Waals surface area contributed by atoms with Crippen molar-refractivity contribution in [3.05, 3.63) is 84.8 Å². The molecule has 0 fully saturated rings. The molecular formula is C24H21FN8. The molecule has 1 unspecified atom stereocenters. The second kappa shape index (κ2) is 8.19. The third-order valence-corrected chi connectivity index (χ3v) is 5.36. The predicted molar refractivity (Wildman–Crippen MR) is 127 cm³/mol. The van der Waals surface area contributed by atoms with E-state index in [0.717, 1.165) is 16.9 Å². The molecule has 0 spiro atoms. The Kier molecular flexibility index (Phi) is 5.06. The Labute approximate surface area is 189 Å². The lowest BCUT2D eigenvalue weighted by molar-refractivity contribution is 0.629. The SMILES string of the molecule is CC(Nc1ncnc(N)c1N)c1nc2ccc(F)cc2n1-c1cccc(-c2ccccn2)c1. The number of rotatable bonds is 5. The minimum absolute atomic E-state index is 0.193. The number of imidazole rings is 1. The molecule has 3 aromatic heterocycles. The maximum Gasteiger partial charge on any atom is 0.155 e. The highest BCUT2D eigenvalue weighted by Gasteiger charge is 2.20. The number of anilines is 3. The Morgan fingerprint density at radius 3 is 2.67 bits per heavy atom. The van der Waals surface area contributed by atoms with Gasteiger partial charge in [0.25, 0.3) is 0 Å². The van der Waals surface area contributed by atoms with E-state index in [2.05, 4.69) is 20.3 Å². The van der Waals surface area contributed by atoms with Crippen LogP contribution in [0.25, 0.3) is 28.0 Å². The minimum atomic E-state index is -0.343. The Balaban J connectivity index is 1.65. The zero-order valence-electron chi connectivity index (χ0n) is 17.8. The van der Waals surface area contributed by atoms with Gasteiger partial charge in [0.2, 0.25) is 0 Å². The van der Waals surface area contributed by atoms with Crippen molar-refractivity contribution in [1.29, 1.82) is 0 Å². The van der Waals surface area contributed by atoms with Crippen molar-refractivity contribution in [2.45, 2.75) is 13.0 Å². The van der Waals surface area contributed by atoms with Gasteiger partial charge < -0.3 is 16.8 Å². The van der Waals surface area contributed by atoms with Crippen LogP contribution in [0.3, 0.4) is 0 Å². The molecule has 0 aliphatic heterocycles. The Morgan fingerprint density at radius 2 is 1.85 bits per heavy atom. The van der Waals surface area contributed by atoms with E-state index in [9.17, 15) is 4.39 Å². The highest BCUT2D eigenvalue weighted by molar-refractivity contribution is 5.79. The molecule has 0 aliphatic carbocycles. The van der Waals surface area contributed by atoms with E-state index in [1.165, 1.54) is 18.5 Å². The van der Waals surface area contributed by atoms with Gasteiger partial charge in [-0.05, 0) is 43.3 Å². The number of halogens is 1. The van der Waals surface area contributed by atoms with Gasteiger partial charge in [-0.1, -0.05) is 18.2 Å². The first-order chi connectivity index (χ1) is 16.0. The second-order valence-electron chi connectivity index (χ2n) is 7.59. The normalized spacial score (nSPS) is 12.1. The molecule has 5 N–H and O–H groups in total. The van der Waals surface area contributed by atoms with Crippen molar-refractivity contribution in [3.8, 4) is 16.9 Å². The van der Waals surface area contributed by atoms with Crippen LogP contribution in [-0.4, -0.2) is 24.5 Å². The van der Waals surface area contributed by atoms with Crippen LogP contribution >= 0.6 is 0 Å². The molecule has 0 saturated carbocycles. The van der Waals surface area contributed by atoms with Crippen LogP contribution in [0.1, 0.15) is 18.8 Å². The zero-order chi connectivity index (χ0) is 22.9. The molecule has 0 aliphatic rings. The maximum absolute atomic E-state index is 14.2.